The van der Waals surface area contributed by atoms with Gasteiger partial charge >= 0.3 is 0 Å². The lowest BCUT2D eigenvalue weighted by molar-refractivity contribution is -0.130. The van der Waals surface area contributed by atoms with Crippen molar-refractivity contribution in [2.75, 3.05) is 39.5 Å². The van der Waals surface area contributed by atoms with E-state index in [4.69, 9.17) is 4.74 Å². The van der Waals surface area contributed by atoms with E-state index in [0.717, 1.165) is 44.9 Å². The summed E-state index contributed by atoms with van der Waals surface area (Å²) in [7, 11) is 1.69. The molecule has 2 rings (SSSR count). The molecule has 1 heterocycles. The highest BCUT2D eigenvalue weighted by molar-refractivity contribution is 7.99. The summed E-state index contributed by atoms with van der Waals surface area (Å²) in [5.41, 5.74) is 1.29. The molecule has 0 saturated carbocycles. The standard InChI is InChI=1S/C17H26N2O2S/c1-14(22-3)17(20)19-10-4-9-18(11-12-19)13-15-5-7-16(21-2)8-6-15/h5-8,14H,4,9-13H2,1-3H3. The molecule has 1 aromatic rings. The van der Waals surface area contributed by atoms with E-state index in [2.05, 4.69) is 17.0 Å². The van der Waals surface area contributed by atoms with Gasteiger partial charge in [0.15, 0.2) is 0 Å². The highest BCUT2D eigenvalue weighted by Crippen LogP contribution is 2.16. The molecule has 1 aliphatic rings. The Bertz CT molecular complexity index is 478. The third kappa shape index (κ3) is 4.65. The Morgan fingerprint density at radius 1 is 1.23 bits per heavy atom. The van der Waals surface area contributed by atoms with E-state index in [9.17, 15) is 4.79 Å². The predicted molar refractivity (Wildman–Crippen MR) is 92.4 cm³/mol. The van der Waals surface area contributed by atoms with E-state index >= 15 is 0 Å². The number of ether oxygens (including phenoxy) is 1. The molecule has 0 spiro atoms. The number of methoxy groups -OCH3 is 1. The molecule has 1 amide bonds. The van der Waals surface area contributed by atoms with Gasteiger partial charge in [-0.15, -0.1) is 0 Å². The highest BCUT2D eigenvalue weighted by atomic mass is 32.2. The van der Waals surface area contributed by atoms with E-state index < -0.39 is 0 Å². The van der Waals surface area contributed by atoms with E-state index in [-0.39, 0.29) is 11.2 Å². The van der Waals surface area contributed by atoms with E-state index in [1.807, 2.05) is 30.2 Å². The average Bonchev–Trinajstić information content (AvgIpc) is 2.79. The topological polar surface area (TPSA) is 32.8 Å². The Balaban J connectivity index is 1.88. The second-order valence-corrected chi connectivity index (χ2v) is 6.86. The molecule has 0 aromatic heterocycles. The summed E-state index contributed by atoms with van der Waals surface area (Å²) in [6, 6.07) is 8.23. The molecule has 1 unspecified atom stereocenters. The summed E-state index contributed by atoms with van der Waals surface area (Å²) in [5.74, 6) is 1.17. The molecule has 1 aromatic carbocycles. The smallest absolute Gasteiger partial charge is 0.235 e. The van der Waals surface area contributed by atoms with Crippen LogP contribution in [0.2, 0.25) is 0 Å². The van der Waals surface area contributed by atoms with Gasteiger partial charge in [-0.2, -0.15) is 11.8 Å². The average molecular weight is 322 g/mol. The summed E-state index contributed by atoms with van der Waals surface area (Å²) in [5, 5.41) is 0.0631. The van der Waals surface area contributed by atoms with Crippen molar-refractivity contribution >= 4 is 17.7 Å². The largest absolute Gasteiger partial charge is 0.497 e. The maximum absolute atomic E-state index is 12.3. The van der Waals surface area contributed by atoms with Gasteiger partial charge in [0.25, 0.3) is 0 Å². The third-order valence-corrected chi connectivity index (χ3v) is 5.08. The van der Waals surface area contributed by atoms with Crippen LogP contribution < -0.4 is 4.74 Å². The van der Waals surface area contributed by atoms with E-state index in [0.29, 0.717) is 0 Å². The molecule has 0 N–H and O–H groups in total. The van der Waals surface area contributed by atoms with Gasteiger partial charge in [0.2, 0.25) is 5.91 Å². The predicted octanol–water partition coefficient (Wildman–Crippen LogP) is 2.48. The number of hydrogen-bond acceptors (Lipinski definition) is 4. The lowest BCUT2D eigenvalue weighted by Gasteiger charge is -2.24. The van der Waals surface area contributed by atoms with Gasteiger partial charge in [-0.1, -0.05) is 12.1 Å². The number of thioether (sulfide) groups is 1. The molecule has 5 heteroatoms. The quantitative estimate of drug-likeness (QED) is 0.834. The summed E-state index contributed by atoms with van der Waals surface area (Å²) >= 11 is 1.62. The van der Waals surface area contributed by atoms with Crippen LogP contribution in [0.1, 0.15) is 18.9 Å². The molecule has 1 fully saturated rings. The fourth-order valence-electron chi connectivity index (χ4n) is 2.70. The van der Waals surface area contributed by atoms with Gasteiger partial charge in [-0.3, -0.25) is 9.69 Å². The van der Waals surface area contributed by atoms with Crippen LogP contribution in [0.5, 0.6) is 5.75 Å². The first-order chi connectivity index (χ1) is 10.6. The van der Waals surface area contributed by atoms with E-state index in [1.165, 1.54) is 5.56 Å². The van der Waals surface area contributed by atoms with Crippen molar-refractivity contribution in [1.29, 1.82) is 0 Å². The molecule has 122 valence electrons. The minimum Gasteiger partial charge on any atom is -0.497 e. The zero-order chi connectivity index (χ0) is 15.9. The summed E-state index contributed by atoms with van der Waals surface area (Å²) < 4.78 is 5.19. The fourth-order valence-corrected chi connectivity index (χ4v) is 3.05. The SMILES string of the molecule is COc1ccc(CN2CCCN(C(=O)C(C)SC)CC2)cc1. The number of carbonyl (C=O) groups is 1. The van der Waals surface area contributed by atoms with Crippen LogP contribution in [0.15, 0.2) is 24.3 Å². The minimum atomic E-state index is 0.0631. The molecule has 22 heavy (non-hydrogen) atoms. The number of amides is 1. The van der Waals surface area contributed by atoms with Crippen LogP contribution in [0, 0.1) is 0 Å². The summed E-state index contributed by atoms with van der Waals surface area (Å²) in [6.45, 7) is 6.63. The van der Waals surface area contributed by atoms with E-state index in [1.54, 1.807) is 18.9 Å². The van der Waals surface area contributed by atoms with Crippen molar-refractivity contribution < 1.29 is 9.53 Å². The normalized spacial score (nSPS) is 17.9. The highest BCUT2D eigenvalue weighted by Gasteiger charge is 2.22. The number of rotatable bonds is 5. The fraction of sp³-hybridized carbons (Fsp3) is 0.588. The molecular weight excluding hydrogens is 296 g/mol. The second-order valence-electron chi connectivity index (χ2n) is 5.68. The zero-order valence-corrected chi connectivity index (χ0v) is 14.6. The first-order valence-electron chi connectivity index (χ1n) is 7.81. The van der Waals surface area contributed by atoms with Gasteiger partial charge in [-0.05, 0) is 37.3 Å². The summed E-state index contributed by atoms with van der Waals surface area (Å²) in [6.07, 6.45) is 3.04. The minimum absolute atomic E-state index is 0.0631. The summed E-state index contributed by atoms with van der Waals surface area (Å²) in [4.78, 5) is 16.7. The Hall–Kier alpha value is -1.20. The Morgan fingerprint density at radius 3 is 2.59 bits per heavy atom. The molecular formula is C17H26N2O2S. The van der Waals surface area contributed by atoms with Crippen LogP contribution in [-0.4, -0.2) is 60.5 Å². The van der Waals surface area contributed by atoms with Crippen LogP contribution in [0.3, 0.4) is 0 Å². The molecule has 0 aliphatic carbocycles. The van der Waals surface area contributed by atoms with Crippen LogP contribution in [-0.2, 0) is 11.3 Å². The second kappa shape index (κ2) is 8.44. The van der Waals surface area contributed by atoms with Crippen molar-refractivity contribution in [2.45, 2.75) is 25.1 Å². The maximum Gasteiger partial charge on any atom is 0.235 e. The third-order valence-electron chi connectivity index (χ3n) is 4.17. The van der Waals surface area contributed by atoms with Crippen molar-refractivity contribution in [3.8, 4) is 5.75 Å². The van der Waals surface area contributed by atoms with Gasteiger partial charge in [0, 0.05) is 32.7 Å². The van der Waals surface area contributed by atoms with Crippen LogP contribution in [0.25, 0.3) is 0 Å². The molecule has 0 radical (unpaired) electrons. The molecule has 0 bridgehead atoms. The maximum atomic E-state index is 12.3. The molecule has 1 aliphatic heterocycles. The number of hydrogen-bond donors (Lipinski definition) is 0. The lowest BCUT2D eigenvalue weighted by Crippen LogP contribution is -2.39. The van der Waals surface area contributed by atoms with Crippen molar-refractivity contribution in [2.24, 2.45) is 0 Å². The first-order valence-corrected chi connectivity index (χ1v) is 9.09. The number of benzene rings is 1. The Kier molecular flexibility index (Phi) is 6.58. The van der Waals surface area contributed by atoms with Crippen molar-refractivity contribution in [3.05, 3.63) is 29.8 Å². The van der Waals surface area contributed by atoms with Gasteiger partial charge in [0.05, 0.1) is 12.4 Å². The van der Waals surface area contributed by atoms with Crippen molar-refractivity contribution in [1.82, 2.24) is 9.80 Å². The van der Waals surface area contributed by atoms with Gasteiger partial charge < -0.3 is 9.64 Å². The zero-order valence-electron chi connectivity index (χ0n) is 13.7. The van der Waals surface area contributed by atoms with Crippen molar-refractivity contribution in [3.63, 3.8) is 0 Å². The molecule has 4 nitrogen and oxygen atoms in total. The first kappa shape index (κ1) is 17.2. The van der Waals surface area contributed by atoms with Crippen LogP contribution >= 0.6 is 11.8 Å². The molecule has 1 atom stereocenters. The molecule has 1 saturated heterocycles. The number of carbonyl (C=O) groups excluding carboxylic acids is 1. The lowest BCUT2D eigenvalue weighted by atomic mass is 10.2. The Morgan fingerprint density at radius 2 is 1.95 bits per heavy atom. The monoisotopic (exact) mass is 322 g/mol. The van der Waals surface area contributed by atoms with Gasteiger partial charge in [-0.25, -0.2) is 0 Å². The Labute approximate surface area is 137 Å². The van der Waals surface area contributed by atoms with Gasteiger partial charge in [0.1, 0.15) is 5.75 Å². The number of nitrogens with zero attached hydrogens (tertiary/aromatic N) is 2. The van der Waals surface area contributed by atoms with Crippen LogP contribution in [0.4, 0.5) is 0 Å².